The number of carbonyl (C=O) groups is 1. The maximum Gasteiger partial charge on any atom is 0.233 e. The molecule has 0 radical (unpaired) electrons. The van der Waals surface area contributed by atoms with Crippen LogP contribution in [0, 0.1) is 5.92 Å². The van der Waals surface area contributed by atoms with E-state index in [4.69, 9.17) is 16.3 Å². The number of nitrogens with one attached hydrogen (secondary N) is 2. The summed E-state index contributed by atoms with van der Waals surface area (Å²) in [6.07, 6.45) is 0. The van der Waals surface area contributed by atoms with Gasteiger partial charge < -0.3 is 10.1 Å². The number of methoxy groups -OCH3 is 1. The van der Waals surface area contributed by atoms with Crippen molar-refractivity contribution < 1.29 is 17.9 Å². The van der Waals surface area contributed by atoms with Crippen LogP contribution in [0.3, 0.4) is 0 Å². The summed E-state index contributed by atoms with van der Waals surface area (Å²) in [5.41, 5.74) is 1.27. The first-order valence-corrected chi connectivity index (χ1v) is 9.99. The Balaban J connectivity index is 1.90. The molecule has 2 aromatic rings. The smallest absolute Gasteiger partial charge is 0.233 e. The van der Waals surface area contributed by atoms with Crippen molar-refractivity contribution in [2.75, 3.05) is 17.6 Å². The van der Waals surface area contributed by atoms with E-state index in [0.29, 0.717) is 23.0 Å². The Morgan fingerprint density at radius 3 is 2.54 bits per heavy atom. The minimum Gasteiger partial charge on any atom is -0.497 e. The van der Waals surface area contributed by atoms with Gasteiger partial charge in [-0.15, -0.1) is 0 Å². The van der Waals surface area contributed by atoms with Gasteiger partial charge in [-0.1, -0.05) is 36.7 Å². The summed E-state index contributed by atoms with van der Waals surface area (Å²) < 4.78 is 32.1. The highest BCUT2D eigenvalue weighted by Crippen LogP contribution is 2.18. The maximum atomic E-state index is 12.3. The van der Waals surface area contributed by atoms with E-state index >= 15 is 0 Å². The van der Waals surface area contributed by atoms with Crippen LogP contribution in [0.2, 0.25) is 5.02 Å². The zero-order valence-corrected chi connectivity index (χ0v) is 16.1. The van der Waals surface area contributed by atoms with E-state index in [0.717, 1.165) is 5.56 Å². The normalized spacial score (nSPS) is 12.3. The molecule has 0 fully saturated rings. The SMILES string of the molecule is COc1cccc(NS(=O)(=O)CC(C)C(=O)NCc2ccc(Cl)cc2)c1. The first kappa shape index (κ1) is 20.1. The van der Waals surface area contributed by atoms with E-state index in [1.165, 1.54) is 7.11 Å². The van der Waals surface area contributed by atoms with Gasteiger partial charge in [-0.25, -0.2) is 8.42 Å². The molecule has 6 nitrogen and oxygen atoms in total. The molecule has 1 atom stereocenters. The second kappa shape index (κ2) is 8.91. The van der Waals surface area contributed by atoms with Crippen molar-refractivity contribution in [3.8, 4) is 5.75 Å². The van der Waals surface area contributed by atoms with Crippen LogP contribution in [0.5, 0.6) is 5.75 Å². The molecule has 0 bridgehead atoms. The molecule has 2 aromatic carbocycles. The highest BCUT2D eigenvalue weighted by atomic mass is 35.5. The van der Waals surface area contributed by atoms with Gasteiger partial charge in [-0.3, -0.25) is 9.52 Å². The molecule has 140 valence electrons. The summed E-state index contributed by atoms with van der Waals surface area (Å²) in [6.45, 7) is 1.88. The zero-order chi connectivity index (χ0) is 19.2. The molecule has 0 saturated carbocycles. The van der Waals surface area contributed by atoms with E-state index in [-0.39, 0.29) is 11.7 Å². The van der Waals surface area contributed by atoms with Crippen molar-refractivity contribution in [3.05, 3.63) is 59.1 Å². The van der Waals surface area contributed by atoms with Crippen molar-refractivity contribution in [2.24, 2.45) is 5.92 Å². The number of amides is 1. The van der Waals surface area contributed by atoms with Gasteiger partial charge >= 0.3 is 0 Å². The molecule has 0 heterocycles. The first-order valence-electron chi connectivity index (χ1n) is 7.96. The third-order valence-electron chi connectivity index (χ3n) is 3.64. The maximum absolute atomic E-state index is 12.3. The van der Waals surface area contributed by atoms with Crippen LogP contribution in [-0.4, -0.2) is 27.2 Å². The fourth-order valence-corrected chi connectivity index (χ4v) is 3.78. The van der Waals surface area contributed by atoms with E-state index in [1.54, 1.807) is 55.5 Å². The number of rotatable bonds is 8. The number of halogens is 1. The lowest BCUT2D eigenvalue weighted by Gasteiger charge is -2.14. The van der Waals surface area contributed by atoms with Crippen molar-refractivity contribution in [3.63, 3.8) is 0 Å². The third kappa shape index (κ3) is 6.24. The Labute approximate surface area is 158 Å². The van der Waals surface area contributed by atoms with E-state index < -0.39 is 15.9 Å². The van der Waals surface area contributed by atoms with Crippen molar-refractivity contribution in [2.45, 2.75) is 13.5 Å². The van der Waals surface area contributed by atoms with Crippen molar-refractivity contribution in [1.82, 2.24) is 5.32 Å². The molecule has 8 heteroatoms. The van der Waals surface area contributed by atoms with Crippen LogP contribution in [-0.2, 0) is 21.4 Å². The lowest BCUT2D eigenvalue weighted by Crippen LogP contribution is -2.34. The lowest BCUT2D eigenvalue weighted by molar-refractivity contribution is -0.124. The van der Waals surface area contributed by atoms with Gasteiger partial charge in [0.1, 0.15) is 5.75 Å². The molecule has 0 aliphatic carbocycles. The van der Waals surface area contributed by atoms with Gasteiger partial charge in [0.05, 0.1) is 24.5 Å². The van der Waals surface area contributed by atoms with Crippen LogP contribution in [0.25, 0.3) is 0 Å². The van der Waals surface area contributed by atoms with E-state index in [2.05, 4.69) is 10.0 Å². The highest BCUT2D eigenvalue weighted by molar-refractivity contribution is 7.92. The van der Waals surface area contributed by atoms with Crippen LogP contribution in [0.1, 0.15) is 12.5 Å². The van der Waals surface area contributed by atoms with Gasteiger partial charge in [0.2, 0.25) is 15.9 Å². The molecule has 0 spiro atoms. The average Bonchev–Trinajstić information content (AvgIpc) is 2.60. The molecule has 0 saturated heterocycles. The number of benzene rings is 2. The van der Waals surface area contributed by atoms with E-state index in [1.807, 2.05) is 0 Å². The standard InChI is InChI=1S/C18H21ClN2O4S/c1-13(18(22)20-11-14-6-8-15(19)9-7-14)12-26(23,24)21-16-4-3-5-17(10-16)25-2/h3-10,13,21H,11-12H2,1-2H3,(H,20,22). The molecule has 26 heavy (non-hydrogen) atoms. The summed E-state index contributed by atoms with van der Waals surface area (Å²) in [5.74, 6) is -0.822. The molecule has 1 amide bonds. The topological polar surface area (TPSA) is 84.5 Å². The number of sulfonamides is 1. The monoisotopic (exact) mass is 396 g/mol. The van der Waals surface area contributed by atoms with Crippen LogP contribution in [0.15, 0.2) is 48.5 Å². The summed E-state index contributed by atoms with van der Waals surface area (Å²) in [4.78, 5) is 12.2. The molecular formula is C18H21ClN2O4S. The van der Waals surface area contributed by atoms with Crippen LogP contribution < -0.4 is 14.8 Å². The van der Waals surface area contributed by atoms with Gasteiger partial charge in [0, 0.05) is 17.6 Å². The van der Waals surface area contributed by atoms with E-state index in [9.17, 15) is 13.2 Å². The Kier molecular flexibility index (Phi) is 6.88. The van der Waals surface area contributed by atoms with Crippen LogP contribution >= 0.6 is 11.6 Å². The quantitative estimate of drug-likeness (QED) is 0.718. The predicted molar refractivity (Wildman–Crippen MR) is 103 cm³/mol. The zero-order valence-electron chi connectivity index (χ0n) is 14.5. The molecule has 0 aliphatic heterocycles. The largest absolute Gasteiger partial charge is 0.497 e. The van der Waals surface area contributed by atoms with Crippen molar-refractivity contribution >= 4 is 33.2 Å². The summed E-state index contributed by atoms with van der Waals surface area (Å²) in [7, 11) is -2.18. The fraction of sp³-hybridized carbons (Fsp3) is 0.278. The molecular weight excluding hydrogens is 376 g/mol. The molecule has 2 N–H and O–H groups in total. The van der Waals surface area contributed by atoms with Gasteiger partial charge in [-0.05, 0) is 29.8 Å². The molecule has 0 aliphatic rings. The third-order valence-corrected chi connectivity index (χ3v) is 5.38. The Morgan fingerprint density at radius 1 is 1.19 bits per heavy atom. The first-order chi connectivity index (χ1) is 12.3. The molecule has 0 aromatic heterocycles. The van der Waals surface area contributed by atoms with Gasteiger partial charge in [0.15, 0.2) is 0 Å². The molecule has 2 rings (SSSR count). The summed E-state index contributed by atoms with van der Waals surface area (Å²) >= 11 is 5.81. The van der Waals surface area contributed by atoms with Crippen molar-refractivity contribution in [1.29, 1.82) is 0 Å². The Bertz CT molecular complexity index is 854. The van der Waals surface area contributed by atoms with Crippen LogP contribution in [0.4, 0.5) is 5.69 Å². The minimum atomic E-state index is -3.68. The summed E-state index contributed by atoms with van der Waals surface area (Å²) in [6, 6.07) is 13.6. The Morgan fingerprint density at radius 2 is 1.88 bits per heavy atom. The number of hydrogen-bond donors (Lipinski definition) is 2. The second-order valence-corrected chi connectivity index (χ2v) is 8.06. The lowest BCUT2D eigenvalue weighted by atomic mass is 10.2. The van der Waals surface area contributed by atoms with Gasteiger partial charge in [0.25, 0.3) is 0 Å². The number of anilines is 1. The van der Waals surface area contributed by atoms with Gasteiger partial charge in [-0.2, -0.15) is 0 Å². The Hall–Kier alpha value is -2.25. The predicted octanol–water partition coefficient (Wildman–Crippen LogP) is 3.04. The summed E-state index contributed by atoms with van der Waals surface area (Å²) in [5, 5.41) is 3.34. The fourth-order valence-electron chi connectivity index (χ4n) is 2.28. The minimum absolute atomic E-state index is 0.309. The second-order valence-electron chi connectivity index (χ2n) is 5.86. The number of carbonyl (C=O) groups excluding carboxylic acids is 1. The number of hydrogen-bond acceptors (Lipinski definition) is 4. The average molecular weight is 397 g/mol. The number of ether oxygens (including phenoxy) is 1. The molecule has 1 unspecified atom stereocenters. The highest BCUT2D eigenvalue weighted by Gasteiger charge is 2.21.